The summed E-state index contributed by atoms with van der Waals surface area (Å²) in [5.41, 5.74) is -0.693. The number of rotatable bonds is 4. The van der Waals surface area contributed by atoms with Crippen LogP contribution in [-0.4, -0.2) is 26.2 Å². The molecule has 1 aliphatic carbocycles. The average Bonchev–Trinajstić information content (AvgIpc) is 2.65. The summed E-state index contributed by atoms with van der Waals surface area (Å²) in [5, 5.41) is 0. The minimum atomic E-state index is -1.48. The van der Waals surface area contributed by atoms with Crippen LogP contribution in [0.1, 0.15) is 18.4 Å². The first-order valence-corrected chi connectivity index (χ1v) is 8.58. The van der Waals surface area contributed by atoms with Crippen molar-refractivity contribution >= 4 is 27.9 Å². The van der Waals surface area contributed by atoms with Gasteiger partial charge in [-0.2, -0.15) is 0 Å². The molecule has 0 saturated heterocycles. The van der Waals surface area contributed by atoms with Crippen molar-refractivity contribution in [3.8, 4) is 11.8 Å². The number of benzene rings is 1. The molecule has 0 bridgehead atoms. The minimum Gasteiger partial charge on any atom is -0.468 e. The lowest BCUT2D eigenvalue weighted by atomic mass is 9.70. The van der Waals surface area contributed by atoms with Gasteiger partial charge in [-0.3, -0.25) is 9.59 Å². The maximum absolute atomic E-state index is 12.6. The van der Waals surface area contributed by atoms with Gasteiger partial charge in [-0.05, 0) is 24.6 Å². The summed E-state index contributed by atoms with van der Waals surface area (Å²) in [4.78, 5) is 25.1. The summed E-state index contributed by atoms with van der Waals surface area (Å²) < 4.78 is 10.8. The van der Waals surface area contributed by atoms with Gasteiger partial charge in [0.05, 0.1) is 14.2 Å². The van der Waals surface area contributed by atoms with E-state index in [0.29, 0.717) is 6.42 Å². The number of methoxy groups -OCH3 is 2. The molecular formula is C20H19BrO4. The number of hydrogen-bond donors (Lipinski definition) is 0. The smallest absolute Gasteiger partial charge is 0.324 e. The number of esters is 2. The second-order valence-electron chi connectivity index (χ2n) is 5.60. The third-order valence-electron chi connectivity index (χ3n) is 4.14. The highest BCUT2D eigenvalue weighted by atomic mass is 79.9. The van der Waals surface area contributed by atoms with E-state index in [2.05, 4.69) is 27.8 Å². The second-order valence-corrected chi connectivity index (χ2v) is 6.51. The first-order chi connectivity index (χ1) is 12.0. The van der Waals surface area contributed by atoms with Gasteiger partial charge in [-0.1, -0.05) is 58.1 Å². The van der Waals surface area contributed by atoms with Gasteiger partial charge in [0.2, 0.25) is 0 Å². The fourth-order valence-electron chi connectivity index (χ4n) is 2.82. The van der Waals surface area contributed by atoms with Gasteiger partial charge in [0.15, 0.2) is 5.41 Å². The molecule has 5 heteroatoms. The lowest BCUT2D eigenvalue weighted by molar-refractivity contribution is -0.172. The van der Waals surface area contributed by atoms with Gasteiger partial charge in [0.1, 0.15) is 0 Å². The standard InChI is InChI=1S/C20H19BrO4/c1-24-18(22)20(19(23)25-2,16-10-4-3-5-11-16)13-7-9-15-8-6-12-17(21)14-15/h3-6,8,10,12,14,16H,11,13H2,1-2H3. The molecule has 0 aliphatic heterocycles. The van der Waals surface area contributed by atoms with E-state index in [9.17, 15) is 9.59 Å². The number of carbonyl (C=O) groups excluding carboxylic acids is 2. The van der Waals surface area contributed by atoms with E-state index in [-0.39, 0.29) is 12.3 Å². The normalized spacial score (nSPS) is 15.9. The van der Waals surface area contributed by atoms with E-state index < -0.39 is 17.4 Å². The summed E-state index contributed by atoms with van der Waals surface area (Å²) in [7, 11) is 2.54. The second kappa shape index (κ2) is 8.68. The van der Waals surface area contributed by atoms with Gasteiger partial charge in [-0.15, -0.1) is 0 Å². The predicted octanol–water partition coefficient (Wildman–Crippen LogP) is 3.66. The van der Waals surface area contributed by atoms with E-state index in [4.69, 9.17) is 9.47 Å². The molecule has 1 aromatic rings. The van der Waals surface area contributed by atoms with Crippen LogP contribution in [-0.2, 0) is 19.1 Å². The Balaban J connectivity index is 2.40. The Bertz CT molecular complexity index is 751. The Kier molecular flexibility index (Phi) is 6.60. The molecule has 0 radical (unpaired) electrons. The quantitative estimate of drug-likeness (QED) is 0.438. The molecule has 0 saturated carbocycles. The summed E-state index contributed by atoms with van der Waals surface area (Å²) in [6.07, 6.45) is 7.99. The van der Waals surface area contributed by atoms with Gasteiger partial charge in [-0.25, -0.2) is 0 Å². The highest BCUT2D eigenvalue weighted by Crippen LogP contribution is 2.39. The number of hydrogen-bond acceptors (Lipinski definition) is 4. The third-order valence-corrected chi connectivity index (χ3v) is 4.63. The molecule has 0 heterocycles. The van der Waals surface area contributed by atoms with Gasteiger partial charge in [0, 0.05) is 22.4 Å². The molecule has 2 rings (SSSR count). The number of allylic oxidation sites excluding steroid dienone is 4. The van der Waals surface area contributed by atoms with E-state index in [1.807, 2.05) is 48.6 Å². The van der Waals surface area contributed by atoms with E-state index in [1.165, 1.54) is 14.2 Å². The fourth-order valence-corrected chi connectivity index (χ4v) is 3.22. The first kappa shape index (κ1) is 19.0. The van der Waals surface area contributed by atoms with Crippen molar-refractivity contribution in [2.24, 2.45) is 11.3 Å². The highest BCUT2D eigenvalue weighted by molar-refractivity contribution is 9.10. The van der Waals surface area contributed by atoms with Crippen LogP contribution in [0.4, 0.5) is 0 Å². The monoisotopic (exact) mass is 402 g/mol. The van der Waals surface area contributed by atoms with Crippen LogP contribution in [0.5, 0.6) is 0 Å². The van der Waals surface area contributed by atoms with Gasteiger partial charge < -0.3 is 9.47 Å². The molecule has 4 nitrogen and oxygen atoms in total. The fraction of sp³-hybridized carbons (Fsp3) is 0.300. The van der Waals surface area contributed by atoms with Crippen molar-refractivity contribution in [1.82, 2.24) is 0 Å². The van der Waals surface area contributed by atoms with Crippen LogP contribution < -0.4 is 0 Å². The molecule has 1 aromatic carbocycles. The molecule has 1 unspecified atom stereocenters. The molecule has 130 valence electrons. The molecule has 0 fully saturated rings. The zero-order valence-corrected chi connectivity index (χ0v) is 15.7. The maximum atomic E-state index is 12.6. The van der Waals surface area contributed by atoms with Crippen LogP contribution >= 0.6 is 15.9 Å². The Morgan fingerprint density at radius 2 is 1.96 bits per heavy atom. The zero-order valence-electron chi connectivity index (χ0n) is 14.1. The van der Waals surface area contributed by atoms with Crippen molar-refractivity contribution in [3.05, 3.63) is 58.6 Å². The van der Waals surface area contributed by atoms with E-state index in [1.54, 1.807) is 0 Å². The number of ether oxygens (including phenoxy) is 2. The van der Waals surface area contributed by atoms with E-state index >= 15 is 0 Å². The van der Waals surface area contributed by atoms with Crippen LogP contribution in [0.15, 0.2) is 53.0 Å². The molecule has 0 amide bonds. The van der Waals surface area contributed by atoms with Crippen molar-refractivity contribution in [2.75, 3.05) is 14.2 Å². The van der Waals surface area contributed by atoms with Gasteiger partial charge in [0.25, 0.3) is 0 Å². The van der Waals surface area contributed by atoms with E-state index in [0.717, 1.165) is 10.0 Å². The summed E-state index contributed by atoms with van der Waals surface area (Å²) in [5.74, 6) is 4.34. The van der Waals surface area contributed by atoms with Crippen LogP contribution in [0.2, 0.25) is 0 Å². The molecule has 0 aromatic heterocycles. The Hall–Kier alpha value is -2.32. The summed E-state index contributed by atoms with van der Waals surface area (Å²) >= 11 is 3.39. The SMILES string of the molecule is COC(=O)C(CC#Cc1cccc(Br)c1)(C(=O)OC)C1C=CC=CC1. The van der Waals surface area contributed by atoms with Crippen LogP contribution in [0.25, 0.3) is 0 Å². The van der Waals surface area contributed by atoms with Crippen molar-refractivity contribution in [1.29, 1.82) is 0 Å². The van der Waals surface area contributed by atoms with Crippen LogP contribution in [0.3, 0.4) is 0 Å². The molecule has 25 heavy (non-hydrogen) atoms. The molecule has 0 N–H and O–H groups in total. The number of halogens is 1. The third kappa shape index (κ3) is 4.21. The first-order valence-electron chi connectivity index (χ1n) is 7.79. The average molecular weight is 403 g/mol. The van der Waals surface area contributed by atoms with Crippen molar-refractivity contribution in [3.63, 3.8) is 0 Å². The highest BCUT2D eigenvalue weighted by Gasteiger charge is 2.53. The molecule has 1 atom stereocenters. The minimum absolute atomic E-state index is 0.0156. The Labute approximate surface area is 156 Å². The van der Waals surface area contributed by atoms with Gasteiger partial charge >= 0.3 is 11.9 Å². The summed E-state index contributed by atoms with van der Waals surface area (Å²) in [6.45, 7) is 0. The zero-order chi connectivity index (χ0) is 18.3. The number of carbonyl (C=O) groups is 2. The largest absolute Gasteiger partial charge is 0.468 e. The van der Waals surface area contributed by atoms with Crippen LogP contribution in [0, 0.1) is 23.2 Å². The van der Waals surface area contributed by atoms with Crippen molar-refractivity contribution in [2.45, 2.75) is 12.8 Å². The lowest BCUT2D eigenvalue weighted by Gasteiger charge is -2.33. The summed E-state index contributed by atoms with van der Waals surface area (Å²) in [6, 6.07) is 7.50. The maximum Gasteiger partial charge on any atom is 0.324 e. The molecular weight excluding hydrogens is 384 g/mol. The predicted molar refractivity (Wildman–Crippen MR) is 98.5 cm³/mol. The Morgan fingerprint density at radius 3 is 2.52 bits per heavy atom. The molecule has 1 aliphatic rings. The Morgan fingerprint density at radius 1 is 1.24 bits per heavy atom. The molecule has 0 spiro atoms. The lowest BCUT2D eigenvalue weighted by Crippen LogP contribution is -2.46. The topological polar surface area (TPSA) is 52.6 Å². The van der Waals surface area contributed by atoms with Crippen molar-refractivity contribution < 1.29 is 19.1 Å².